The molecule has 196 valence electrons. The first-order valence-electron chi connectivity index (χ1n) is 12.5. The highest BCUT2D eigenvalue weighted by Gasteiger charge is 2.18. The Labute approximate surface area is 212 Å². The van der Waals surface area contributed by atoms with Crippen LogP contribution < -0.4 is 0 Å². The number of aromatic nitrogens is 2. The molecule has 9 heteroatoms. The van der Waals surface area contributed by atoms with Crippen LogP contribution in [-0.4, -0.2) is 42.8 Å². The third-order valence-corrected chi connectivity index (χ3v) is 5.75. The summed E-state index contributed by atoms with van der Waals surface area (Å²) in [6.07, 6.45) is 19.1. The molecule has 0 aliphatic heterocycles. The van der Waals surface area contributed by atoms with Crippen LogP contribution in [0.1, 0.15) is 114 Å². The summed E-state index contributed by atoms with van der Waals surface area (Å²) in [6, 6.07) is 5.00. The van der Waals surface area contributed by atoms with Crippen LogP contribution in [0.2, 0.25) is 0 Å². The number of hydrogen-bond acceptors (Lipinski definition) is 5. The quantitative estimate of drug-likeness (QED) is 0.236. The van der Waals surface area contributed by atoms with E-state index in [0.29, 0.717) is 6.42 Å². The van der Waals surface area contributed by atoms with Crippen LogP contribution in [0.4, 0.5) is 0 Å². The van der Waals surface area contributed by atoms with Crippen molar-refractivity contribution < 1.29 is 29.7 Å². The molecule has 36 heavy (non-hydrogen) atoms. The average Bonchev–Trinajstić information content (AvgIpc) is 3.30. The summed E-state index contributed by atoms with van der Waals surface area (Å²) in [5.74, 6) is -3.06. The van der Waals surface area contributed by atoms with Crippen molar-refractivity contribution in [3.8, 4) is 6.07 Å². The van der Waals surface area contributed by atoms with Gasteiger partial charge < -0.3 is 19.9 Å². The standard InChI is InChI=1S/C18H31N3.C9H6O6/c1-2-3-4-5-6-7-8-9-10-11-13-18-20-15-17-21(18)16-12-14-19;10-7(11)4-1-2-5(8(12)13)6(3-4)9(14)15/h15,17H,2-13,16H2,1H3;1-3H,(H,10,11)(H,12,13)(H,14,15). The van der Waals surface area contributed by atoms with Gasteiger partial charge >= 0.3 is 17.9 Å². The van der Waals surface area contributed by atoms with Crippen molar-refractivity contribution >= 4 is 17.9 Å². The number of nitriles is 1. The smallest absolute Gasteiger partial charge is 0.336 e. The molecule has 0 atom stereocenters. The molecule has 0 radical (unpaired) electrons. The maximum absolute atomic E-state index is 10.6. The van der Waals surface area contributed by atoms with E-state index in [1.54, 1.807) is 0 Å². The number of nitrogens with zero attached hydrogens (tertiary/aromatic N) is 3. The third kappa shape index (κ3) is 11.6. The minimum Gasteiger partial charge on any atom is -0.478 e. The molecule has 0 fully saturated rings. The first-order valence-corrected chi connectivity index (χ1v) is 12.5. The fraction of sp³-hybridized carbons (Fsp3) is 0.519. The van der Waals surface area contributed by atoms with Crippen LogP contribution in [0.25, 0.3) is 0 Å². The summed E-state index contributed by atoms with van der Waals surface area (Å²) >= 11 is 0. The normalized spacial score (nSPS) is 10.2. The van der Waals surface area contributed by atoms with Gasteiger partial charge in [-0.15, -0.1) is 0 Å². The Morgan fingerprint density at radius 1 is 0.861 bits per heavy atom. The number of imidazole rings is 1. The van der Waals surface area contributed by atoms with Crippen molar-refractivity contribution in [2.24, 2.45) is 0 Å². The Balaban J connectivity index is 0.000000381. The molecule has 1 aromatic carbocycles. The number of hydrogen-bond donors (Lipinski definition) is 3. The van der Waals surface area contributed by atoms with Gasteiger partial charge in [0.15, 0.2) is 0 Å². The average molecular weight is 500 g/mol. The molecule has 0 aliphatic rings. The highest BCUT2D eigenvalue weighted by atomic mass is 16.4. The highest BCUT2D eigenvalue weighted by Crippen LogP contribution is 2.13. The second-order valence-corrected chi connectivity index (χ2v) is 8.55. The fourth-order valence-corrected chi connectivity index (χ4v) is 3.75. The van der Waals surface area contributed by atoms with Gasteiger partial charge in [0.25, 0.3) is 0 Å². The number of rotatable bonds is 16. The molecule has 0 saturated heterocycles. The predicted octanol–water partition coefficient (Wildman–Crippen LogP) is 6.04. The number of unbranched alkanes of at least 4 members (excludes halogenated alkanes) is 9. The lowest BCUT2D eigenvalue weighted by Crippen LogP contribution is -2.10. The molecule has 0 bridgehead atoms. The maximum atomic E-state index is 10.6. The van der Waals surface area contributed by atoms with Crippen molar-refractivity contribution in [1.82, 2.24) is 9.55 Å². The lowest BCUT2D eigenvalue weighted by Gasteiger charge is -2.05. The van der Waals surface area contributed by atoms with Crippen molar-refractivity contribution in [3.05, 3.63) is 53.1 Å². The van der Waals surface area contributed by atoms with Gasteiger partial charge in [-0.1, -0.05) is 64.7 Å². The number of carboxylic acid groups (broad SMARTS) is 3. The summed E-state index contributed by atoms with van der Waals surface area (Å²) < 4.78 is 2.12. The molecule has 0 aliphatic carbocycles. The molecule has 1 aromatic heterocycles. The Kier molecular flexibility index (Phi) is 14.9. The second-order valence-electron chi connectivity index (χ2n) is 8.55. The highest BCUT2D eigenvalue weighted by molar-refractivity contribution is 6.03. The molecular formula is C27H37N3O6. The van der Waals surface area contributed by atoms with Crippen LogP contribution >= 0.6 is 0 Å². The number of aryl methyl sites for hydroxylation is 2. The largest absolute Gasteiger partial charge is 0.478 e. The minimum atomic E-state index is -1.48. The van der Waals surface area contributed by atoms with Crippen LogP contribution in [0.15, 0.2) is 30.6 Å². The summed E-state index contributed by atoms with van der Waals surface area (Å²) in [5, 5.41) is 34.5. The number of carboxylic acids is 3. The van der Waals surface area contributed by atoms with E-state index in [0.717, 1.165) is 37.0 Å². The number of aromatic carboxylic acids is 3. The molecule has 1 heterocycles. The predicted molar refractivity (Wildman–Crippen MR) is 135 cm³/mol. The van der Waals surface area contributed by atoms with E-state index in [1.807, 2.05) is 12.4 Å². The van der Waals surface area contributed by atoms with Gasteiger partial charge in [0.05, 0.1) is 29.2 Å². The number of carbonyl (C=O) groups is 3. The van der Waals surface area contributed by atoms with Crippen LogP contribution in [0.3, 0.4) is 0 Å². The van der Waals surface area contributed by atoms with Gasteiger partial charge in [-0.05, 0) is 24.6 Å². The second kappa shape index (κ2) is 17.7. The molecule has 2 rings (SSSR count). The topological polar surface area (TPSA) is 154 Å². The van der Waals surface area contributed by atoms with E-state index < -0.39 is 29.0 Å². The maximum Gasteiger partial charge on any atom is 0.336 e. The summed E-state index contributed by atoms with van der Waals surface area (Å²) in [4.78, 5) is 36.2. The van der Waals surface area contributed by atoms with E-state index in [2.05, 4.69) is 22.5 Å². The molecule has 9 nitrogen and oxygen atoms in total. The zero-order chi connectivity index (χ0) is 26.8. The summed E-state index contributed by atoms with van der Waals surface area (Å²) in [7, 11) is 0. The molecule has 0 unspecified atom stereocenters. The first kappa shape index (κ1) is 30.4. The molecule has 0 spiro atoms. The van der Waals surface area contributed by atoms with Gasteiger partial charge in [0.2, 0.25) is 0 Å². The zero-order valence-electron chi connectivity index (χ0n) is 21.0. The SMILES string of the molecule is CCCCCCCCCCCCc1nccn1CCC#N.O=C(O)c1ccc(C(=O)O)c(C(=O)O)c1. The molecule has 0 amide bonds. The van der Waals surface area contributed by atoms with Gasteiger partial charge in [-0.3, -0.25) is 0 Å². The monoisotopic (exact) mass is 499 g/mol. The van der Waals surface area contributed by atoms with Gasteiger partial charge in [0.1, 0.15) is 5.82 Å². The summed E-state index contributed by atoms with van der Waals surface area (Å²) in [5.41, 5.74) is -1.24. The van der Waals surface area contributed by atoms with Gasteiger partial charge in [0, 0.05) is 25.4 Å². The molecule has 2 aromatic rings. The summed E-state index contributed by atoms with van der Waals surface area (Å²) in [6.45, 7) is 3.05. The first-order chi connectivity index (χ1) is 17.3. The van der Waals surface area contributed by atoms with Gasteiger partial charge in [-0.2, -0.15) is 5.26 Å². The Hall–Kier alpha value is -3.67. The molecule has 0 saturated carbocycles. The van der Waals surface area contributed by atoms with Crippen LogP contribution in [-0.2, 0) is 13.0 Å². The Bertz CT molecular complexity index is 1010. The van der Waals surface area contributed by atoms with Crippen molar-refractivity contribution in [2.45, 2.75) is 90.5 Å². The van der Waals surface area contributed by atoms with Crippen molar-refractivity contribution in [2.75, 3.05) is 0 Å². The number of benzene rings is 1. The zero-order valence-corrected chi connectivity index (χ0v) is 21.0. The van der Waals surface area contributed by atoms with Crippen molar-refractivity contribution in [1.29, 1.82) is 5.26 Å². The lowest BCUT2D eigenvalue weighted by atomic mass is 10.0. The van der Waals surface area contributed by atoms with Crippen molar-refractivity contribution in [3.63, 3.8) is 0 Å². The lowest BCUT2D eigenvalue weighted by molar-refractivity contribution is 0.0649. The minimum absolute atomic E-state index is 0.266. The Morgan fingerprint density at radius 3 is 1.97 bits per heavy atom. The van der Waals surface area contributed by atoms with E-state index >= 15 is 0 Å². The Morgan fingerprint density at radius 2 is 1.44 bits per heavy atom. The van der Waals surface area contributed by atoms with Crippen LogP contribution in [0, 0.1) is 11.3 Å². The van der Waals surface area contributed by atoms with E-state index in [4.69, 9.17) is 20.6 Å². The van der Waals surface area contributed by atoms with Crippen LogP contribution in [0.5, 0.6) is 0 Å². The fourth-order valence-electron chi connectivity index (χ4n) is 3.75. The van der Waals surface area contributed by atoms with E-state index in [1.165, 1.54) is 64.2 Å². The van der Waals surface area contributed by atoms with Gasteiger partial charge in [-0.25, -0.2) is 19.4 Å². The third-order valence-electron chi connectivity index (χ3n) is 5.75. The van der Waals surface area contributed by atoms with E-state index in [9.17, 15) is 14.4 Å². The van der Waals surface area contributed by atoms with E-state index in [-0.39, 0.29) is 5.56 Å². The molecular weight excluding hydrogens is 462 g/mol. The molecule has 3 N–H and O–H groups in total.